The summed E-state index contributed by atoms with van der Waals surface area (Å²) < 4.78 is 4.48. The smallest absolute Gasteiger partial charge is 0.306 e. The fraction of sp³-hybridized carbons (Fsp3) is 0.571. The number of rotatable bonds is 4. The molecule has 0 aliphatic carbocycles. The number of esters is 1. The second-order valence-electron chi connectivity index (χ2n) is 1.79. The molecule has 0 amide bonds. The van der Waals surface area contributed by atoms with Gasteiger partial charge in [0.1, 0.15) is 0 Å². The van der Waals surface area contributed by atoms with E-state index in [0.29, 0.717) is 6.42 Å². The first-order chi connectivity index (χ1) is 4.74. The summed E-state index contributed by atoms with van der Waals surface area (Å²) in [6.45, 7) is 3.59. The minimum atomic E-state index is -0.181. The molecule has 0 aromatic heterocycles. The Hall–Kier alpha value is -0.440. The van der Waals surface area contributed by atoms with Crippen LogP contribution in [0.4, 0.5) is 0 Å². The number of carbonyl (C=O) groups is 1. The zero-order valence-electron chi connectivity index (χ0n) is 6.29. The van der Waals surface area contributed by atoms with Crippen molar-refractivity contribution in [2.24, 2.45) is 0 Å². The molecule has 58 valence electrons. The highest BCUT2D eigenvalue weighted by Gasteiger charge is 2.07. The lowest BCUT2D eigenvalue weighted by atomic mass is 10.3. The van der Waals surface area contributed by atoms with Gasteiger partial charge >= 0.3 is 5.97 Å². The quantitative estimate of drug-likeness (QED) is 0.460. The van der Waals surface area contributed by atoms with Crippen molar-refractivity contribution >= 4 is 17.7 Å². The van der Waals surface area contributed by atoms with E-state index >= 15 is 0 Å². The number of carbonyl (C=O) groups excluding carboxylic acids is 1. The van der Waals surface area contributed by atoms with Crippen molar-refractivity contribution < 1.29 is 9.53 Å². The monoisotopic (exact) mass is 160 g/mol. The fourth-order valence-electron chi connectivity index (χ4n) is 0.510. The third-order valence-electron chi connectivity index (χ3n) is 1.16. The van der Waals surface area contributed by atoms with Gasteiger partial charge in [0, 0.05) is 5.25 Å². The third kappa shape index (κ3) is 3.56. The summed E-state index contributed by atoms with van der Waals surface area (Å²) in [5.74, 6) is -0.181. The Morgan fingerprint density at radius 2 is 2.50 bits per heavy atom. The lowest BCUT2D eigenvalue weighted by molar-refractivity contribution is -0.140. The zero-order valence-corrected chi connectivity index (χ0v) is 7.11. The van der Waals surface area contributed by atoms with Crippen LogP contribution in [0.25, 0.3) is 0 Å². The Morgan fingerprint density at radius 1 is 1.90 bits per heavy atom. The largest absolute Gasteiger partial charge is 0.469 e. The zero-order chi connectivity index (χ0) is 7.98. The summed E-state index contributed by atoms with van der Waals surface area (Å²) in [5, 5.41) is 0.187. The Balaban J connectivity index is 3.62. The van der Waals surface area contributed by atoms with Crippen molar-refractivity contribution in [1.82, 2.24) is 0 Å². The summed E-state index contributed by atoms with van der Waals surface area (Å²) in [6.07, 6.45) is 4.11. The summed E-state index contributed by atoms with van der Waals surface area (Å²) in [6, 6.07) is 0. The van der Waals surface area contributed by atoms with E-state index in [1.54, 1.807) is 17.8 Å². The van der Waals surface area contributed by atoms with Crippen LogP contribution >= 0.6 is 11.8 Å². The van der Waals surface area contributed by atoms with Gasteiger partial charge in [-0.05, 0) is 6.26 Å². The van der Waals surface area contributed by atoms with Gasteiger partial charge in [0.05, 0.1) is 13.5 Å². The minimum absolute atomic E-state index is 0.181. The average molecular weight is 160 g/mol. The highest BCUT2D eigenvalue weighted by atomic mass is 32.2. The molecule has 0 saturated carbocycles. The van der Waals surface area contributed by atoms with Crippen LogP contribution in [-0.2, 0) is 9.53 Å². The molecule has 0 N–H and O–H groups in total. The number of hydrogen-bond acceptors (Lipinski definition) is 3. The van der Waals surface area contributed by atoms with Crippen molar-refractivity contribution in [2.75, 3.05) is 13.4 Å². The predicted octanol–water partition coefficient (Wildman–Crippen LogP) is 1.47. The third-order valence-corrected chi connectivity index (χ3v) is 2.13. The van der Waals surface area contributed by atoms with Crippen molar-refractivity contribution in [3.8, 4) is 0 Å². The first kappa shape index (κ1) is 9.56. The minimum Gasteiger partial charge on any atom is -0.469 e. The standard InChI is InChI=1S/C7H12O2S/c1-4-6(10-3)5-7(8)9-2/h4,6H,1,5H2,2-3H3. The fourth-order valence-corrected chi connectivity index (χ4v) is 1.01. The highest BCUT2D eigenvalue weighted by molar-refractivity contribution is 7.99. The molecule has 0 aliphatic heterocycles. The Morgan fingerprint density at radius 3 is 2.80 bits per heavy atom. The average Bonchev–Trinajstić information content (AvgIpc) is 1.99. The van der Waals surface area contributed by atoms with Crippen LogP contribution in [-0.4, -0.2) is 24.6 Å². The summed E-state index contributed by atoms with van der Waals surface area (Å²) in [5.41, 5.74) is 0. The molecule has 0 radical (unpaired) electrons. The first-order valence-corrected chi connectivity index (χ1v) is 4.25. The summed E-state index contributed by atoms with van der Waals surface area (Å²) >= 11 is 1.59. The van der Waals surface area contributed by atoms with Crippen LogP contribution in [0.3, 0.4) is 0 Å². The molecule has 0 saturated heterocycles. The first-order valence-electron chi connectivity index (χ1n) is 2.96. The van der Waals surface area contributed by atoms with Crippen molar-refractivity contribution in [1.29, 1.82) is 0 Å². The molecule has 3 heteroatoms. The predicted molar refractivity (Wildman–Crippen MR) is 44.1 cm³/mol. The van der Waals surface area contributed by atoms with Crippen LogP contribution in [0.5, 0.6) is 0 Å². The van der Waals surface area contributed by atoms with Gasteiger partial charge < -0.3 is 4.74 Å². The van der Waals surface area contributed by atoms with Gasteiger partial charge in [-0.15, -0.1) is 6.58 Å². The molecule has 0 fully saturated rings. The maximum Gasteiger partial charge on any atom is 0.306 e. The number of hydrogen-bond donors (Lipinski definition) is 0. The number of ether oxygens (including phenoxy) is 1. The lowest BCUT2D eigenvalue weighted by Gasteiger charge is -2.05. The highest BCUT2D eigenvalue weighted by Crippen LogP contribution is 2.11. The van der Waals surface area contributed by atoms with E-state index in [2.05, 4.69) is 11.3 Å². The molecule has 1 atom stereocenters. The molecule has 1 unspecified atom stereocenters. The molecule has 2 nitrogen and oxygen atoms in total. The van der Waals surface area contributed by atoms with Crippen LogP contribution in [0, 0.1) is 0 Å². The van der Waals surface area contributed by atoms with Crippen molar-refractivity contribution in [3.05, 3.63) is 12.7 Å². The van der Waals surface area contributed by atoms with E-state index in [9.17, 15) is 4.79 Å². The second-order valence-corrected chi connectivity index (χ2v) is 2.87. The molecule has 0 spiro atoms. The summed E-state index contributed by atoms with van der Waals surface area (Å²) in [7, 11) is 1.39. The molecule has 0 aromatic rings. The Bertz CT molecular complexity index is 123. The van der Waals surface area contributed by atoms with E-state index in [1.165, 1.54) is 7.11 Å². The van der Waals surface area contributed by atoms with E-state index in [4.69, 9.17) is 0 Å². The molecule has 0 bridgehead atoms. The maximum absolute atomic E-state index is 10.7. The van der Waals surface area contributed by atoms with E-state index in [1.807, 2.05) is 6.26 Å². The molecule has 10 heavy (non-hydrogen) atoms. The van der Waals surface area contributed by atoms with Crippen molar-refractivity contribution in [2.45, 2.75) is 11.7 Å². The van der Waals surface area contributed by atoms with Gasteiger partial charge in [-0.3, -0.25) is 4.79 Å². The summed E-state index contributed by atoms with van der Waals surface area (Å²) in [4.78, 5) is 10.7. The van der Waals surface area contributed by atoms with Crippen molar-refractivity contribution in [3.63, 3.8) is 0 Å². The number of thioether (sulfide) groups is 1. The van der Waals surface area contributed by atoms with E-state index in [-0.39, 0.29) is 11.2 Å². The molecular formula is C7H12O2S. The normalized spacial score (nSPS) is 12.2. The molecule has 0 rings (SSSR count). The van der Waals surface area contributed by atoms with Crippen LogP contribution in [0.1, 0.15) is 6.42 Å². The topological polar surface area (TPSA) is 26.3 Å². The van der Waals surface area contributed by atoms with Gasteiger partial charge in [-0.25, -0.2) is 0 Å². The lowest BCUT2D eigenvalue weighted by Crippen LogP contribution is -2.08. The Kier molecular flexibility index (Phi) is 5.12. The molecule has 0 aromatic carbocycles. The SMILES string of the molecule is C=CC(CC(=O)OC)SC. The van der Waals surface area contributed by atoms with Gasteiger partial charge in [-0.1, -0.05) is 6.08 Å². The van der Waals surface area contributed by atoms with Crippen LogP contribution < -0.4 is 0 Å². The molecular weight excluding hydrogens is 148 g/mol. The molecule has 0 heterocycles. The van der Waals surface area contributed by atoms with Gasteiger partial charge in [0.15, 0.2) is 0 Å². The van der Waals surface area contributed by atoms with Crippen LogP contribution in [0.15, 0.2) is 12.7 Å². The van der Waals surface area contributed by atoms with E-state index < -0.39 is 0 Å². The number of methoxy groups -OCH3 is 1. The van der Waals surface area contributed by atoms with Gasteiger partial charge in [0.2, 0.25) is 0 Å². The molecule has 0 aliphatic rings. The van der Waals surface area contributed by atoms with Crippen LogP contribution in [0.2, 0.25) is 0 Å². The van der Waals surface area contributed by atoms with Gasteiger partial charge in [0.25, 0.3) is 0 Å². The second kappa shape index (κ2) is 5.35. The van der Waals surface area contributed by atoms with E-state index in [0.717, 1.165) is 0 Å². The maximum atomic E-state index is 10.7. The van der Waals surface area contributed by atoms with Gasteiger partial charge in [-0.2, -0.15) is 11.8 Å². The Labute approximate surface area is 65.6 Å².